The molecule has 1 aromatic carbocycles. The van der Waals surface area contributed by atoms with Crippen LogP contribution in [0.5, 0.6) is 0 Å². The number of hydrogen-bond donors (Lipinski definition) is 2. The largest absolute Gasteiger partial charge is 0.377 e. The van der Waals surface area contributed by atoms with Gasteiger partial charge in [0, 0.05) is 13.2 Å². The molecule has 2 N–H and O–H groups in total. The quantitative estimate of drug-likeness (QED) is 0.864. The van der Waals surface area contributed by atoms with Gasteiger partial charge in [0.05, 0.1) is 17.0 Å². The molecule has 0 aliphatic carbocycles. The van der Waals surface area contributed by atoms with Gasteiger partial charge < -0.3 is 10.1 Å². The molecule has 0 aromatic heterocycles. The number of aryl methyl sites for hydroxylation is 1. The number of sulfonamides is 1. The monoisotopic (exact) mass is 312 g/mol. The summed E-state index contributed by atoms with van der Waals surface area (Å²) in [5.41, 5.74) is 2.75. The fraction of sp³-hybridized carbons (Fsp3) is 0.600. The summed E-state index contributed by atoms with van der Waals surface area (Å²) in [6, 6.07) is 3.62. The van der Waals surface area contributed by atoms with Crippen LogP contribution < -0.4 is 10.0 Å². The van der Waals surface area contributed by atoms with Crippen LogP contribution in [-0.4, -0.2) is 34.2 Å². The molecular weight excluding hydrogens is 288 g/mol. The molecule has 6 heteroatoms. The van der Waals surface area contributed by atoms with Crippen LogP contribution in [0.15, 0.2) is 17.0 Å². The van der Waals surface area contributed by atoms with E-state index in [1.54, 1.807) is 6.07 Å². The van der Waals surface area contributed by atoms with Gasteiger partial charge in [0.15, 0.2) is 0 Å². The maximum Gasteiger partial charge on any atom is 0.241 e. The first-order valence-electron chi connectivity index (χ1n) is 7.24. The van der Waals surface area contributed by atoms with Gasteiger partial charge >= 0.3 is 0 Å². The van der Waals surface area contributed by atoms with Gasteiger partial charge in [0.25, 0.3) is 0 Å². The zero-order valence-electron chi connectivity index (χ0n) is 13.1. The fourth-order valence-electron chi connectivity index (χ4n) is 2.63. The molecule has 1 fully saturated rings. The first-order valence-corrected chi connectivity index (χ1v) is 8.72. The second-order valence-electron chi connectivity index (χ2n) is 5.66. The van der Waals surface area contributed by atoms with Gasteiger partial charge in [-0.25, -0.2) is 13.1 Å². The van der Waals surface area contributed by atoms with Crippen molar-refractivity contribution >= 4 is 10.0 Å². The van der Waals surface area contributed by atoms with Crippen molar-refractivity contribution in [2.75, 3.05) is 13.7 Å². The molecule has 2 atom stereocenters. The fourth-order valence-corrected chi connectivity index (χ4v) is 4.34. The molecule has 1 aliphatic heterocycles. The van der Waals surface area contributed by atoms with Crippen LogP contribution in [0.2, 0.25) is 0 Å². The van der Waals surface area contributed by atoms with Crippen molar-refractivity contribution in [3.05, 3.63) is 28.8 Å². The molecule has 0 amide bonds. The summed E-state index contributed by atoms with van der Waals surface area (Å²) in [5, 5.41) is 3.05. The van der Waals surface area contributed by atoms with E-state index < -0.39 is 10.0 Å². The Hall–Kier alpha value is -0.950. The van der Waals surface area contributed by atoms with E-state index in [0.717, 1.165) is 16.7 Å². The lowest BCUT2D eigenvalue weighted by molar-refractivity contribution is 0.117. The van der Waals surface area contributed by atoms with Crippen LogP contribution in [0.25, 0.3) is 0 Å². The van der Waals surface area contributed by atoms with Gasteiger partial charge in [0.2, 0.25) is 10.0 Å². The maximum absolute atomic E-state index is 12.7. The Labute approximate surface area is 127 Å². The van der Waals surface area contributed by atoms with Crippen molar-refractivity contribution in [2.24, 2.45) is 0 Å². The molecule has 1 heterocycles. The van der Waals surface area contributed by atoms with Crippen molar-refractivity contribution in [1.82, 2.24) is 10.0 Å². The summed E-state index contributed by atoms with van der Waals surface area (Å²) in [4.78, 5) is 0.367. The normalized spacial score (nSPS) is 22.7. The summed E-state index contributed by atoms with van der Waals surface area (Å²) in [6.45, 7) is 6.94. The number of hydrogen-bond acceptors (Lipinski definition) is 4. The standard InChI is InChI=1S/C15H24N2O3S/c1-10-7-13(9-16-4)8-15(11(10)2)21(18,19)17-14-5-6-20-12(14)3/h7-8,12,14,16-17H,5-6,9H2,1-4H3. The molecule has 0 saturated carbocycles. The molecular formula is C15H24N2O3S. The van der Waals surface area contributed by atoms with Crippen molar-refractivity contribution in [2.45, 2.75) is 50.8 Å². The predicted octanol–water partition coefficient (Wildman–Crippen LogP) is 1.48. The van der Waals surface area contributed by atoms with Crippen molar-refractivity contribution < 1.29 is 13.2 Å². The Kier molecular flexibility index (Phi) is 5.03. The summed E-state index contributed by atoms with van der Waals surface area (Å²) < 4.78 is 33.6. The molecule has 2 rings (SSSR count). The lowest BCUT2D eigenvalue weighted by Gasteiger charge is -2.18. The smallest absolute Gasteiger partial charge is 0.241 e. The first-order chi connectivity index (χ1) is 9.85. The second kappa shape index (κ2) is 6.44. The third-order valence-corrected chi connectivity index (χ3v) is 5.65. The summed E-state index contributed by atoms with van der Waals surface area (Å²) in [5.74, 6) is 0. The minimum atomic E-state index is -3.53. The summed E-state index contributed by atoms with van der Waals surface area (Å²) >= 11 is 0. The van der Waals surface area contributed by atoms with Gasteiger partial charge in [-0.3, -0.25) is 0 Å². The highest BCUT2D eigenvalue weighted by Crippen LogP contribution is 2.23. The highest BCUT2D eigenvalue weighted by Gasteiger charge is 2.30. The molecule has 0 radical (unpaired) electrons. The van der Waals surface area contributed by atoms with Crippen LogP contribution in [0, 0.1) is 13.8 Å². The highest BCUT2D eigenvalue weighted by molar-refractivity contribution is 7.89. The molecule has 1 aliphatic rings. The number of benzene rings is 1. The third kappa shape index (κ3) is 3.63. The lowest BCUT2D eigenvalue weighted by Crippen LogP contribution is -2.39. The Morgan fingerprint density at radius 3 is 2.62 bits per heavy atom. The van der Waals surface area contributed by atoms with Gasteiger partial charge in [-0.2, -0.15) is 0 Å². The van der Waals surface area contributed by atoms with Crippen LogP contribution in [0.1, 0.15) is 30.0 Å². The number of ether oxygens (including phenoxy) is 1. The zero-order chi connectivity index (χ0) is 15.6. The van der Waals surface area contributed by atoms with E-state index >= 15 is 0 Å². The molecule has 118 valence electrons. The van der Waals surface area contributed by atoms with E-state index in [1.165, 1.54) is 0 Å². The third-order valence-electron chi connectivity index (χ3n) is 4.03. The van der Waals surface area contributed by atoms with Gasteiger partial charge in [-0.15, -0.1) is 0 Å². The first kappa shape index (κ1) is 16.4. The highest BCUT2D eigenvalue weighted by atomic mass is 32.2. The minimum Gasteiger partial charge on any atom is -0.377 e. The number of rotatable bonds is 5. The van der Waals surface area contributed by atoms with E-state index in [2.05, 4.69) is 10.0 Å². The average Bonchev–Trinajstić information content (AvgIpc) is 2.79. The van der Waals surface area contributed by atoms with Crippen molar-refractivity contribution in [1.29, 1.82) is 0 Å². The second-order valence-corrected chi connectivity index (χ2v) is 7.34. The predicted molar refractivity (Wildman–Crippen MR) is 82.8 cm³/mol. The SMILES string of the molecule is CNCc1cc(C)c(C)c(S(=O)(=O)NC2CCOC2C)c1. The molecule has 5 nitrogen and oxygen atoms in total. The average molecular weight is 312 g/mol. The molecule has 1 aromatic rings. The lowest BCUT2D eigenvalue weighted by atomic mass is 10.1. The van der Waals surface area contributed by atoms with Gasteiger partial charge in [-0.1, -0.05) is 6.07 Å². The van der Waals surface area contributed by atoms with Gasteiger partial charge in [-0.05, 0) is 57.0 Å². The molecule has 2 unspecified atom stereocenters. The Morgan fingerprint density at radius 2 is 2.05 bits per heavy atom. The Bertz CT molecular complexity index is 614. The number of nitrogens with one attached hydrogen (secondary N) is 2. The van der Waals surface area contributed by atoms with E-state index in [0.29, 0.717) is 24.5 Å². The van der Waals surface area contributed by atoms with Crippen LogP contribution in [0.3, 0.4) is 0 Å². The maximum atomic E-state index is 12.7. The van der Waals surface area contributed by atoms with Crippen molar-refractivity contribution in [3.8, 4) is 0 Å². The van der Waals surface area contributed by atoms with Crippen LogP contribution >= 0.6 is 0 Å². The van der Waals surface area contributed by atoms with Crippen LogP contribution in [-0.2, 0) is 21.3 Å². The molecule has 0 bridgehead atoms. The summed E-state index contributed by atoms with van der Waals surface area (Å²) in [7, 11) is -1.68. The van der Waals surface area contributed by atoms with Gasteiger partial charge in [0.1, 0.15) is 0 Å². The molecule has 21 heavy (non-hydrogen) atoms. The Balaban J connectivity index is 2.34. The zero-order valence-corrected chi connectivity index (χ0v) is 13.9. The van der Waals surface area contributed by atoms with E-state index in [-0.39, 0.29) is 12.1 Å². The molecule has 0 spiro atoms. The topological polar surface area (TPSA) is 67.4 Å². The van der Waals surface area contributed by atoms with E-state index in [9.17, 15) is 8.42 Å². The summed E-state index contributed by atoms with van der Waals surface area (Å²) in [6.07, 6.45) is 0.635. The molecule has 1 saturated heterocycles. The van der Waals surface area contributed by atoms with E-state index in [1.807, 2.05) is 33.9 Å². The minimum absolute atomic E-state index is 0.0818. The Morgan fingerprint density at radius 1 is 1.33 bits per heavy atom. The van der Waals surface area contributed by atoms with E-state index in [4.69, 9.17) is 4.74 Å². The van der Waals surface area contributed by atoms with Crippen molar-refractivity contribution in [3.63, 3.8) is 0 Å². The van der Waals surface area contributed by atoms with Crippen LogP contribution in [0.4, 0.5) is 0 Å².